The van der Waals surface area contributed by atoms with Crippen LogP contribution < -0.4 is 10.1 Å². The minimum Gasteiger partial charge on any atom is -0.491 e. The lowest BCUT2D eigenvalue weighted by Gasteiger charge is -2.16. The van der Waals surface area contributed by atoms with Crippen LogP contribution in [-0.2, 0) is 0 Å². The van der Waals surface area contributed by atoms with E-state index in [4.69, 9.17) is 4.74 Å². The van der Waals surface area contributed by atoms with Crippen molar-refractivity contribution in [2.45, 2.75) is 33.7 Å². The number of hydrogen-bond acceptors (Lipinski definition) is 2. The molecule has 1 unspecified atom stereocenters. The summed E-state index contributed by atoms with van der Waals surface area (Å²) >= 11 is 0. The maximum absolute atomic E-state index is 5.82. The lowest BCUT2D eigenvalue weighted by Crippen LogP contribution is -2.31. The topological polar surface area (TPSA) is 21.3 Å². The Kier molecular flexibility index (Phi) is 4.63. The molecule has 0 aliphatic rings. The van der Waals surface area contributed by atoms with Crippen molar-refractivity contribution in [3.63, 3.8) is 0 Å². The minimum absolute atomic E-state index is 0.397. The summed E-state index contributed by atoms with van der Waals surface area (Å²) in [6.07, 6.45) is 0. The zero-order valence-electron chi connectivity index (χ0n) is 10.1. The van der Waals surface area contributed by atoms with E-state index in [1.54, 1.807) is 0 Å². The van der Waals surface area contributed by atoms with Crippen LogP contribution in [0.3, 0.4) is 0 Å². The van der Waals surface area contributed by atoms with E-state index in [0.717, 1.165) is 18.9 Å². The monoisotopic (exact) mass is 207 g/mol. The Hall–Kier alpha value is -1.02. The molecule has 0 aromatic heterocycles. The van der Waals surface area contributed by atoms with Crippen LogP contribution in [0.25, 0.3) is 0 Å². The fourth-order valence-electron chi connectivity index (χ4n) is 1.64. The maximum Gasteiger partial charge on any atom is 0.125 e. The second-order valence-corrected chi connectivity index (χ2v) is 3.99. The van der Waals surface area contributed by atoms with Gasteiger partial charge in [0.05, 0.1) is 0 Å². The zero-order chi connectivity index (χ0) is 11.3. The van der Waals surface area contributed by atoms with E-state index in [-0.39, 0.29) is 0 Å². The molecule has 1 rings (SSSR count). The molecule has 0 amide bonds. The lowest BCUT2D eigenvalue weighted by molar-refractivity contribution is 0.272. The van der Waals surface area contributed by atoms with Gasteiger partial charge in [-0.05, 0) is 38.4 Å². The van der Waals surface area contributed by atoms with Crippen LogP contribution in [0, 0.1) is 13.8 Å². The second kappa shape index (κ2) is 5.76. The molecule has 0 saturated heterocycles. The van der Waals surface area contributed by atoms with E-state index < -0.39 is 0 Å². The smallest absolute Gasteiger partial charge is 0.125 e. The van der Waals surface area contributed by atoms with Gasteiger partial charge in [-0.15, -0.1) is 0 Å². The van der Waals surface area contributed by atoms with Gasteiger partial charge >= 0.3 is 0 Å². The van der Waals surface area contributed by atoms with Crippen LogP contribution in [0.5, 0.6) is 5.75 Å². The van der Waals surface area contributed by atoms with E-state index in [0.29, 0.717) is 6.04 Å². The van der Waals surface area contributed by atoms with Crippen molar-refractivity contribution in [1.82, 2.24) is 5.32 Å². The largest absolute Gasteiger partial charge is 0.491 e. The molecule has 0 aliphatic carbocycles. The molecule has 0 bridgehead atoms. The zero-order valence-corrected chi connectivity index (χ0v) is 10.1. The molecule has 0 fully saturated rings. The van der Waals surface area contributed by atoms with Gasteiger partial charge in [-0.25, -0.2) is 0 Å². The van der Waals surface area contributed by atoms with Crippen LogP contribution >= 0.6 is 0 Å². The third kappa shape index (κ3) is 3.56. The molecule has 1 N–H and O–H groups in total. The van der Waals surface area contributed by atoms with Crippen LogP contribution in [-0.4, -0.2) is 19.2 Å². The molecule has 0 spiro atoms. The van der Waals surface area contributed by atoms with Crippen LogP contribution in [0.4, 0.5) is 0 Å². The lowest BCUT2D eigenvalue weighted by atomic mass is 10.1. The highest BCUT2D eigenvalue weighted by atomic mass is 16.5. The summed E-state index contributed by atoms with van der Waals surface area (Å²) in [6.45, 7) is 10.1. The summed E-state index contributed by atoms with van der Waals surface area (Å²) in [4.78, 5) is 0. The molecule has 0 saturated carbocycles. The number of rotatable bonds is 5. The highest BCUT2D eigenvalue weighted by Gasteiger charge is 2.05. The Bertz CT molecular complexity index is 289. The van der Waals surface area contributed by atoms with E-state index in [1.165, 1.54) is 11.1 Å². The van der Waals surface area contributed by atoms with Gasteiger partial charge in [0.15, 0.2) is 0 Å². The average molecular weight is 207 g/mol. The number of hydrogen-bond donors (Lipinski definition) is 1. The first-order chi connectivity index (χ1) is 7.15. The summed E-state index contributed by atoms with van der Waals surface area (Å²) in [6, 6.07) is 6.63. The fourth-order valence-corrected chi connectivity index (χ4v) is 1.64. The predicted octanol–water partition coefficient (Wildman–Crippen LogP) is 2.68. The molecule has 84 valence electrons. The van der Waals surface area contributed by atoms with Gasteiger partial charge in [0.1, 0.15) is 12.4 Å². The summed E-state index contributed by atoms with van der Waals surface area (Å²) < 4.78 is 5.82. The predicted molar refractivity (Wildman–Crippen MR) is 64.5 cm³/mol. The van der Waals surface area contributed by atoms with Gasteiger partial charge in [0.25, 0.3) is 0 Å². The summed E-state index contributed by atoms with van der Waals surface area (Å²) in [5.41, 5.74) is 2.41. The van der Waals surface area contributed by atoms with Crippen molar-refractivity contribution < 1.29 is 4.74 Å². The number of ether oxygens (including phenoxy) is 1. The van der Waals surface area contributed by atoms with E-state index in [1.807, 2.05) is 0 Å². The molecule has 1 aromatic carbocycles. The minimum atomic E-state index is 0.397. The standard InChI is InChI=1S/C13H21NO/c1-5-14-12(4)9-15-13-10(2)7-6-8-11(13)3/h6-8,12,14H,5,9H2,1-4H3. The molecule has 0 radical (unpaired) electrons. The highest BCUT2D eigenvalue weighted by molar-refractivity contribution is 5.39. The van der Waals surface area contributed by atoms with Crippen LogP contribution in [0.2, 0.25) is 0 Å². The van der Waals surface area contributed by atoms with Crippen molar-refractivity contribution in [3.8, 4) is 5.75 Å². The fraction of sp³-hybridized carbons (Fsp3) is 0.538. The van der Waals surface area contributed by atoms with Gasteiger partial charge in [-0.3, -0.25) is 0 Å². The highest BCUT2D eigenvalue weighted by Crippen LogP contribution is 2.22. The SMILES string of the molecule is CCNC(C)COc1c(C)cccc1C. The first-order valence-electron chi connectivity index (χ1n) is 5.57. The Balaban J connectivity index is 2.57. The Morgan fingerprint density at radius 3 is 2.40 bits per heavy atom. The first-order valence-corrected chi connectivity index (χ1v) is 5.57. The summed E-state index contributed by atoms with van der Waals surface area (Å²) in [7, 11) is 0. The second-order valence-electron chi connectivity index (χ2n) is 3.99. The van der Waals surface area contributed by atoms with Gasteiger partial charge in [-0.2, -0.15) is 0 Å². The molecule has 2 heteroatoms. The van der Waals surface area contributed by atoms with Crippen molar-refractivity contribution in [3.05, 3.63) is 29.3 Å². The number of nitrogens with one attached hydrogen (secondary N) is 1. The van der Waals surface area contributed by atoms with Gasteiger partial charge in [-0.1, -0.05) is 25.1 Å². The number of aryl methyl sites for hydroxylation is 2. The summed E-state index contributed by atoms with van der Waals surface area (Å²) in [5.74, 6) is 1.03. The van der Waals surface area contributed by atoms with Crippen LogP contribution in [0.1, 0.15) is 25.0 Å². The maximum atomic E-state index is 5.82. The molecule has 1 aromatic rings. The van der Waals surface area contributed by atoms with E-state index >= 15 is 0 Å². The average Bonchev–Trinajstić information content (AvgIpc) is 2.17. The molecule has 2 nitrogen and oxygen atoms in total. The molecule has 1 atom stereocenters. The van der Waals surface area contributed by atoms with Crippen LogP contribution in [0.15, 0.2) is 18.2 Å². The summed E-state index contributed by atoms with van der Waals surface area (Å²) in [5, 5.41) is 3.33. The number of likely N-dealkylation sites (N-methyl/N-ethyl adjacent to an activating group) is 1. The quantitative estimate of drug-likeness (QED) is 0.801. The van der Waals surface area contributed by atoms with Gasteiger partial charge < -0.3 is 10.1 Å². The molecular weight excluding hydrogens is 186 g/mol. The number of benzene rings is 1. The van der Waals surface area contributed by atoms with Gasteiger partial charge in [0.2, 0.25) is 0 Å². The van der Waals surface area contributed by atoms with Crippen molar-refractivity contribution >= 4 is 0 Å². The molecular formula is C13H21NO. The third-order valence-electron chi connectivity index (χ3n) is 2.44. The molecule has 0 heterocycles. The van der Waals surface area contributed by atoms with E-state index in [9.17, 15) is 0 Å². The Labute approximate surface area is 92.6 Å². The van der Waals surface area contributed by atoms with Crippen molar-refractivity contribution in [1.29, 1.82) is 0 Å². The van der Waals surface area contributed by atoms with Crippen molar-refractivity contribution in [2.75, 3.05) is 13.2 Å². The van der Waals surface area contributed by atoms with Crippen molar-refractivity contribution in [2.24, 2.45) is 0 Å². The van der Waals surface area contributed by atoms with E-state index in [2.05, 4.69) is 51.2 Å². The third-order valence-corrected chi connectivity index (χ3v) is 2.44. The number of para-hydroxylation sites is 1. The van der Waals surface area contributed by atoms with Gasteiger partial charge in [0, 0.05) is 6.04 Å². The first kappa shape index (κ1) is 12.1. The molecule has 15 heavy (non-hydrogen) atoms. The normalized spacial score (nSPS) is 12.5. The Morgan fingerprint density at radius 1 is 1.27 bits per heavy atom. The molecule has 0 aliphatic heterocycles. The Morgan fingerprint density at radius 2 is 1.87 bits per heavy atom.